The van der Waals surface area contributed by atoms with Gasteiger partial charge in [-0.2, -0.15) is 0 Å². The third-order valence-corrected chi connectivity index (χ3v) is 6.07. The van der Waals surface area contributed by atoms with Gasteiger partial charge in [-0.25, -0.2) is 14.8 Å². The predicted molar refractivity (Wildman–Crippen MR) is 148 cm³/mol. The first-order valence-corrected chi connectivity index (χ1v) is 13.0. The van der Waals surface area contributed by atoms with Crippen molar-refractivity contribution in [2.45, 2.75) is 52.7 Å². The second kappa shape index (κ2) is 13.0. The third kappa shape index (κ3) is 8.68. The highest BCUT2D eigenvalue weighted by atomic mass is 32.1. The van der Waals surface area contributed by atoms with Gasteiger partial charge in [-0.3, -0.25) is 9.79 Å². The van der Waals surface area contributed by atoms with Gasteiger partial charge in [-0.05, 0) is 52.6 Å². The number of aliphatic imine (C=N–C) groups is 1. The van der Waals surface area contributed by atoms with Crippen molar-refractivity contribution in [3.63, 3.8) is 0 Å². The molecule has 0 fully saturated rings. The van der Waals surface area contributed by atoms with Crippen LogP contribution in [-0.2, 0) is 17.7 Å². The number of fused-ring (bicyclic) bond motifs is 1. The fourth-order valence-electron chi connectivity index (χ4n) is 3.40. The number of allylic oxidation sites excluding steroid dienone is 3. The van der Waals surface area contributed by atoms with Gasteiger partial charge in [0.05, 0.1) is 22.6 Å². The van der Waals surface area contributed by atoms with Gasteiger partial charge in [0, 0.05) is 37.0 Å². The van der Waals surface area contributed by atoms with E-state index in [1.165, 1.54) is 11.3 Å². The highest BCUT2D eigenvalue weighted by molar-refractivity contribution is 7.09. The number of rotatable bonds is 11. The first-order valence-electron chi connectivity index (χ1n) is 12.1. The number of nitrogens with one attached hydrogen (secondary N) is 2. The number of benzene rings is 1. The van der Waals surface area contributed by atoms with E-state index in [2.05, 4.69) is 32.0 Å². The van der Waals surface area contributed by atoms with Gasteiger partial charge in [0.15, 0.2) is 0 Å². The fourth-order valence-corrected chi connectivity index (χ4v) is 4.17. The lowest BCUT2D eigenvalue weighted by molar-refractivity contribution is 0.0231. The number of thiazole rings is 1. The summed E-state index contributed by atoms with van der Waals surface area (Å²) < 4.78 is 5.62. The molecule has 0 radical (unpaired) electrons. The Labute approximate surface area is 221 Å². The van der Waals surface area contributed by atoms with Crippen LogP contribution in [0.3, 0.4) is 0 Å². The van der Waals surface area contributed by atoms with E-state index in [0.717, 1.165) is 21.7 Å². The highest BCUT2D eigenvalue weighted by Crippen LogP contribution is 2.17. The molecule has 0 bridgehead atoms. The van der Waals surface area contributed by atoms with Gasteiger partial charge in [-0.15, -0.1) is 11.3 Å². The van der Waals surface area contributed by atoms with E-state index in [1.807, 2.05) is 70.2 Å². The van der Waals surface area contributed by atoms with E-state index >= 15 is 0 Å². The molecule has 2 amide bonds. The summed E-state index contributed by atoms with van der Waals surface area (Å²) in [5.41, 5.74) is 2.27. The van der Waals surface area contributed by atoms with Crippen molar-refractivity contribution < 1.29 is 14.3 Å². The van der Waals surface area contributed by atoms with Crippen LogP contribution < -0.4 is 5.32 Å². The molecule has 0 spiro atoms. The van der Waals surface area contributed by atoms with Crippen molar-refractivity contribution >= 4 is 41.1 Å². The molecule has 3 rings (SSSR count). The molecule has 3 aromatic rings. The van der Waals surface area contributed by atoms with Gasteiger partial charge in [0.1, 0.15) is 17.1 Å². The average molecular weight is 523 g/mol. The summed E-state index contributed by atoms with van der Waals surface area (Å²) >= 11 is 1.39. The van der Waals surface area contributed by atoms with Gasteiger partial charge >= 0.3 is 6.09 Å². The largest absolute Gasteiger partial charge is 0.444 e. The van der Waals surface area contributed by atoms with Crippen LogP contribution in [0, 0.1) is 0 Å². The number of carbonyl (C=O) groups excluding carboxylic acids is 2. The van der Waals surface area contributed by atoms with Crippen molar-refractivity contribution in [2.75, 3.05) is 13.1 Å². The van der Waals surface area contributed by atoms with Crippen LogP contribution in [0.5, 0.6) is 0 Å². The molecule has 9 nitrogen and oxygen atoms in total. The molecular weight excluding hydrogens is 488 g/mol. The lowest BCUT2D eigenvalue weighted by atomic mass is 10.2. The van der Waals surface area contributed by atoms with Gasteiger partial charge in [0.2, 0.25) is 0 Å². The van der Waals surface area contributed by atoms with E-state index in [1.54, 1.807) is 10.3 Å². The lowest BCUT2D eigenvalue weighted by Gasteiger charge is -2.26. The van der Waals surface area contributed by atoms with Crippen LogP contribution in [0.2, 0.25) is 0 Å². The quantitative estimate of drug-likeness (QED) is 0.263. The monoisotopic (exact) mass is 522 g/mol. The zero-order valence-corrected chi connectivity index (χ0v) is 22.6. The van der Waals surface area contributed by atoms with Crippen LogP contribution in [0.4, 0.5) is 4.79 Å². The summed E-state index contributed by atoms with van der Waals surface area (Å²) in [6.45, 7) is 12.0. The summed E-state index contributed by atoms with van der Waals surface area (Å²) in [5, 5.41) is 5.34. The molecule has 0 unspecified atom stereocenters. The maximum absolute atomic E-state index is 12.9. The number of aromatic amines is 1. The Morgan fingerprint density at radius 2 is 2.05 bits per heavy atom. The maximum Gasteiger partial charge on any atom is 0.410 e. The lowest BCUT2D eigenvalue weighted by Crippen LogP contribution is -2.38. The minimum Gasteiger partial charge on any atom is -0.444 e. The Morgan fingerprint density at radius 1 is 1.27 bits per heavy atom. The summed E-state index contributed by atoms with van der Waals surface area (Å²) in [5.74, 6) is 0.423. The number of nitrogens with zero attached hydrogens (tertiary/aromatic N) is 4. The molecule has 0 saturated carbocycles. The molecule has 0 aliphatic carbocycles. The van der Waals surface area contributed by atoms with Crippen molar-refractivity contribution in [2.24, 2.45) is 4.99 Å². The van der Waals surface area contributed by atoms with Crippen molar-refractivity contribution in [3.05, 3.63) is 70.1 Å². The Bertz CT molecular complexity index is 1250. The third-order valence-electron chi connectivity index (χ3n) is 5.16. The summed E-state index contributed by atoms with van der Waals surface area (Å²) in [7, 11) is 0. The molecule has 0 aliphatic heterocycles. The molecule has 2 aromatic heterocycles. The van der Waals surface area contributed by atoms with Crippen molar-refractivity contribution in [1.29, 1.82) is 0 Å². The summed E-state index contributed by atoms with van der Waals surface area (Å²) in [4.78, 5) is 43.3. The van der Waals surface area contributed by atoms with Gasteiger partial charge < -0.3 is 19.9 Å². The predicted octanol–water partition coefficient (Wildman–Crippen LogP) is 5.28. The number of imidazole rings is 1. The van der Waals surface area contributed by atoms with E-state index in [-0.39, 0.29) is 12.5 Å². The number of hydrogen-bond acceptors (Lipinski definition) is 7. The van der Waals surface area contributed by atoms with E-state index in [4.69, 9.17) is 4.74 Å². The van der Waals surface area contributed by atoms with E-state index in [9.17, 15) is 9.59 Å². The molecule has 0 atom stereocenters. The molecule has 37 heavy (non-hydrogen) atoms. The Kier molecular flexibility index (Phi) is 9.73. The molecule has 0 aliphatic rings. The molecule has 196 valence electrons. The molecule has 2 heterocycles. The number of carbonyl (C=O) groups is 2. The minimum atomic E-state index is -0.626. The Hall–Kier alpha value is -3.79. The molecule has 1 aromatic carbocycles. The number of para-hydroxylation sites is 2. The first kappa shape index (κ1) is 27.8. The molecule has 0 saturated heterocycles. The number of hydrogen-bond donors (Lipinski definition) is 2. The maximum atomic E-state index is 12.9. The molecule has 10 heteroatoms. The van der Waals surface area contributed by atoms with Crippen LogP contribution in [0.25, 0.3) is 11.0 Å². The zero-order valence-electron chi connectivity index (χ0n) is 21.8. The Morgan fingerprint density at radius 3 is 2.76 bits per heavy atom. The molecule has 2 N–H and O–H groups in total. The molecular formula is C27H34N6O3S. The van der Waals surface area contributed by atoms with Crippen molar-refractivity contribution in [3.8, 4) is 0 Å². The standard InChI is InChI=1S/C27H34N6O3S/c1-6-7-10-19(28-5)13-15-29-25(34)22-18-37-24(32-22)14-16-33(26(35)36-27(2,3)4)17-23-30-20-11-8-9-12-21(20)31-23/h6-12,18H,5,13-17H2,1-4H3,(H,29,34)(H,30,31)/b7-6-,19-10-. The van der Waals surface area contributed by atoms with Gasteiger partial charge in [-0.1, -0.05) is 24.3 Å². The fraction of sp³-hybridized carbons (Fsp3) is 0.370. The van der Waals surface area contributed by atoms with E-state index < -0.39 is 11.7 Å². The second-order valence-electron chi connectivity index (χ2n) is 9.33. The number of ether oxygens (including phenoxy) is 1. The topological polar surface area (TPSA) is 113 Å². The van der Waals surface area contributed by atoms with Gasteiger partial charge in [0.25, 0.3) is 5.91 Å². The summed E-state index contributed by atoms with van der Waals surface area (Å²) in [6.07, 6.45) is 6.27. The van der Waals surface area contributed by atoms with Crippen molar-refractivity contribution in [1.82, 2.24) is 25.2 Å². The second-order valence-corrected chi connectivity index (χ2v) is 10.3. The smallest absolute Gasteiger partial charge is 0.410 e. The number of H-pyrrole nitrogens is 1. The van der Waals surface area contributed by atoms with Crippen LogP contribution in [-0.4, -0.2) is 57.3 Å². The highest BCUT2D eigenvalue weighted by Gasteiger charge is 2.24. The SMILES string of the molecule is C=N/C(=C\C=C/C)CCNC(=O)c1csc(CCN(Cc2nc3ccccc3[nH]2)C(=O)OC(C)(C)C)n1. The minimum absolute atomic E-state index is 0.247. The van der Waals surface area contributed by atoms with Crippen LogP contribution >= 0.6 is 11.3 Å². The normalized spacial score (nSPS) is 12.2. The number of aromatic nitrogens is 3. The Balaban J connectivity index is 1.61. The van der Waals surface area contributed by atoms with Crippen LogP contribution in [0.1, 0.15) is 55.4 Å². The zero-order chi connectivity index (χ0) is 26.8. The summed E-state index contributed by atoms with van der Waals surface area (Å²) in [6, 6.07) is 7.72. The first-order chi connectivity index (χ1) is 17.7. The van der Waals surface area contributed by atoms with Crippen LogP contribution in [0.15, 0.2) is 58.6 Å². The van der Waals surface area contributed by atoms with E-state index in [0.29, 0.717) is 37.4 Å². The average Bonchev–Trinajstić information content (AvgIpc) is 3.49. The number of amides is 2.